The van der Waals surface area contributed by atoms with Crippen molar-refractivity contribution in [3.63, 3.8) is 0 Å². The number of fused-ring (bicyclic) bond motifs is 2. The molecule has 0 spiro atoms. The molecule has 1 aliphatic rings. The monoisotopic (exact) mass is 358 g/mol. The van der Waals surface area contributed by atoms with Gasteiger partial charge in [-0.15, -0.1) is 21.5 Å². The van der Waals surface area contributed by atoms with Crippen molar-refractivity contribution >= 4 is 33.4 Å². The van der Waals surface area contributed by atoms with Crippen molar-refractivity contribution in [3.05, 3.63) is 34.9 Å². The van der Waals surface area contributed by atoms with Crippen LogP contribution in [-0.4, -0.2) is 49.6 Å². The van der Waals surface area contributed by atoms with Crippen LogP contribution in [-0.2, 0) is 24.3 Å². The molecule has 2 amide bonds. The van der Waals surface area contributed by atoms with Crippen molar-refractivity contribution < 1.29 is 9.59 Å². The van der Waals surface area contributed by atoms with E-state index in [4.69, 9.17) is 0 Å². The fourth-order valence-corrected chi connectivity index (χ4v) is 3.84. The molecule has 4 heterocycles. The largest absolute Gasteiger partial charge is 0.350 e. The highest BCUT2D eigenvalue weighted by molar-refractivity contribution is 7.17. The van der Waals surface area contributed by atoms with Crippen LogP contribution >= 0.6 is 11.3 Å². The lowest BCUT2D eigenvalue weighted by Gasteiger charge is -2.19. The van der Waals surface area contributed by atoms with Crippen LogP contribution in [0.5, 0.6) is 0 Å². The number of carbonyl (C=O) groups is 2. The molecule has 2 N–H and O–H groups in total. The number of nitrogens with zero attached hydrogens (tertiary/aromatic N) is 4. The number of thiophene rings is 1. The molecular formula is C16H18N6O2S. The first-order valence-electron chi connectivity index (χ1n) is 8.12. The van der Waals surface area contributed by atoms with Gasteiger partial charge in [0.25, 0.3) is 5.91 Å². The number of rotatable bonds is 3. The minimum absolute atomic E-state index is 0.00511. The quantitative estimate of drug-likeness (QED) is 0.734. The highest BCUT2D eigenvalue weighted by Gasteiger charge is 2.23. The fourth-order valence-electron chi connectivity index (χ4n) is 3.05. The van der Waals surface area contributed by atoms with E-state index in [1.54, 1.807) is 11.3 Å². The summed E-state index contributed by atoms with van der Waals surface area (Å²) in [6.07, 6.45) is 0.647. The second-order valence-electron chi connectivity index (χ2n) is 6.02. The molecule has 0 aliphatic carbocycles. The third-order valence-electron chi connectivity index (χ3n) is 4.36. The Hall–Kier alpha value is -2.68. The molecule has 3 aromatic heterocycles. The lowest BCUT2D eigenvalue weighted by Crippen LogP contribution is -2.34. The van der Waals surface area contributed by atoms with Gasteiger partial charge in [-0.1, -0.05) is 0 Å². The maximum Gasteiger partial charge on any atom is 0.270 e. The number of aromatic amines is 1. The van der Waals surface area contributed by atoms with E-state index in [2.05, 4.69) is 20.5 Å². The molecule has 1 aliphatic heterocycles. The SMILES string of the molecule is CC(=O)NCc1nnc2n1CCN(C(=O)c1cc3sccc3[nH]1)CC2. The van der Waals surface area contributed by atoms with Gasteiger partial charge in [-0.3, -0.25) is 9.59 Å². The average molecular weight is 358 g/mol. The number of H-pyrrole nitrogens is 1. The van der Waals surface area contributed by atoms with Crippen molar-refractivity contribution in [1.29, 1.82) is 0 Å². The Morgan fingerprint density at radius 2 is 2.20 bits per heavy atom. The number of hydrogen-bond donors (Lipinski definition) is 2. The van der Waals surface area contributed by atoms with E-state index in [1.807, 2.05) is 27.0 Å². The van der Waals surface area contributed by atoms with E-state index in [-0.39, 0.29) is 11.8 Å². The van der Waals surface area contributed by atoms with Crippen molar-refractivity contribution in [2.75, 3.05) is 13.1 Å². The first kappa shape index (κ1) is 15.8. The van der Waals surface area contributed by atoms with E-state index >= 15 is 0 Å². The number of nitrogens with one attached hydrogen (secondary N) is 2. The van der Waals surface area contributed by atoms with Crippen LogP contribution in [0, 0.1) is 0 Å². The first-order valence-corrected chi connectivity index (χ1v) is 9.00. The molecule has 0 unspecified atom stereocenters. The number of aromatic nitrogens is 4. The minimum Gasteiger partial charge on any atom is -0.350 e. The van der Waals surface area contributed by atoms with Crippen molar-refractivity contribution in [2.24, 2.45) is 0 Å². The van der Waals surface area contributed by atoms with Crippen LogP contribution in [0.4, 0.5) is 0 Å². The molecule has 0 saturated heterocycles. The molecular weight excluding hydrogens is 340 g/mol. The Labute approximate surface area is 147 Å². The molecule has 0 fully saturated rings. The van der Waals surface area contributed by atoms with Crippen molar-refractivity contribution in [3.8, 4) is 0 Å². The lowest BCUT2D eigenvalue weighted by atomic mass is 10.3. The molecule has 8 nitrogen and oxygen atoms in total. The molecule has 0 saturated carbocycles. The van der Waals surface area contributed by atoms with Gasteiger partial charge in [0.1, 0.15) is 11.5 Å². The van der Waals surface area contributed by atoms with E-state index in [0.717, 1.165) is 21.9 Å². The topological polar surface area (TPSA) is 95.9 Å². The number of amides is 2. The molecule has 0 bridgehead atoms. The lowest BCUT2D eigenvalue weighted by molar-refractivity contribution is -0.119. The Kier molecular flexibility index (Phi) is 4.00. The van der Waals surface area contributed by atoms with Gasteiger partial charge >= 0.3 is 0 Å². The third kappa shape index (κ3) is 3.02. The summed E-state index contributed by atoms with van der Waals surface area (Å²) in [5.74, 6) is 1.48. The van der Waals surface area contributed by atoms with Crippen LogP contribution in [0.1, 0.15) is 29.1 Å². The Morgan fingerprint density at radius 1 is 1.32 bits per heavy atom. The van der Waals surface area contributed by atoms with Crippen molar-refractivity contribution in [2.45, 2.75) is 26.4 Å². The molecule has 130 valence electrons. The maximum atomic E-state index is 12.8. The Morgan fingerprint density at radius 3 is 3.00 bits per heavy atom. The second kappa shape index (κ2) is 6.32. The predicted octanol–water partition coefficient (Wildman–Crippen LogP) is 1.16. The zero-order valence-electron chi connectivity index (χ0n) is 13.8. The summed E-state index contributed by atoms with van der Waals surface area (Å²) in [6.45, 7) is 3.63. The van der Waals surface area contributed by atoms with Gasteiger partial charge in [0.05, 0.1) is 16.8 Å². The zero-order valence-corrected chi connectivity index (χ0v) is 14.6. The van der Waals surface area contributed by atoms with Crippen LogP contribution in [0.25, 0.3) is 10.2 Å². The summed E-state index contributed by atoms with van der Waals surface area (Å²) in [5.41, 5.74) is 1.62. The van der Waals surface area contributed by atoms with E-state index in [9.17, 15) is 9.59 Å². The van der Waals surface area contributed by atoms with E-state index in [1.165, 1.54) is 6.92 Å². The normalized spacial score (nSPS) is 14.4. The standard InChI is InChI=1S/C16H18N6O2S/c1-10(23)17-9-15-20-19-14-2-4-21(5-6-22(14)15)16(24)12-8-13-11(18-12)3-7-25-13/h3,7-8,18H,2,4-6,9H2,1H3,(H,17,23). The van der Waals surface area contributed by atoms with Crippen LogP contribution in [0.15, 0.2) is 17.5 Å². The van der Waals surface area contributed by atoms with Crippen LogP contribution in [0.2, 0.25) is 0 Å². The Balaban J connectivity index is 1.48. The molecule has 9 heteroatoms. The maximum absolute atomic E-state index is 12.8. The summed E-state index contributed by atoms with van der Waals surface area (Å²) < 4.78 is 3.09. The van der Waals surface area contributed by atoms with Crippen LogP contribution < -0.4 is 5.32 Å². The molecule has 0 aromatic carbocycles. The molecule has 25 heavy (non-hydrogen) atoms. The summed E-state index contributed by atoms with van der Waals surface area (Å²) in [4.78, 5) is 28.9. The summed E-state index contributed by atoms with van der Waals surface area (Å²) >= 11 is 1.62. The van der Waals surface area contributed by atoms with Gasteiger partial charge in [-0.25, -0.2) is 0 Å². The van der Waals surface area contributed by atoms with Gasteiger partial charge in [0.15, 0.2) is 5.82 Å². The van der Waals surface area contributed by atoms with Gasteiger partial charge < -0.3 is 19.8 Å². The molecule has 3 aromatic rings. The van der Waals surface area contributed by atoms with Crippen LogP contribution in [0.3, 0.4) is 0 Å². The number of carbonyl (C=O) groups excluding carboxylic acids is 2. The predicted molar refractivity (Wildman–Crippen MR) is 93.3 cm³/mol. The highest BCUT2D eigenvalue weighted by atomic mass is 32.1. The highest BCUT2D eigenvalue weighted by Crippen LogP contribution is 2.22. The first-order chi connectivity index (χ1) is 12.1. The van der Waals surface area contributed by atoms with E-state index in [0.29, 0.717) is 38.3 Å². The minimum atomic E-state index is -0.102. The summed E-state index contributed by atoms with van der Waals surface area (Å²) in [6, 6.07) is 3.89. The van der Waals surface area contributed by atoms with Gasteiger partial charge in [-0.05, 0) is 17.5 Å². The Bertz CT molecular complexity index is 911. The van der Waals surface area contributed by atoms with Gasteiger partial charge in [0, 0.05) is 33.0 Å². The van der Waals surface area contributed by atoms with Gasteiger partial charge in [-0.2, -0.15) is 0 Å². The third-order valence-corrected chi connectivity index (χ3v) is 5.22. The van der Waals surface area contributed by atoms with Crippen molar-refractivity contribution in [1.82, 2.24) is 30.0 Å². The smallest absolute Gasteiger partial charge is 0.270 e. The zero-order chi connectivity index (χ0) is 17.4. The average Bonchev–Trinajstić information content (AvgIpc) is 3.24. The molecule has 4 rings (SSSR count). The number of hydrogen-bond acceptors (Lipinski definition) is 5. The summed E-state index contributed by atoms with van der Waals surface area (Å²) in [5, 5.41) is 13.1. The van der Waals surface area contributed by atoms with Gasteiger partial charge in [0.2, 0.25) is 5.91 Å². The fraction of sp³-hybridized carbons (Fsp3) is 0.375. The molecule has 0 atom stereocenters. The van der Waals surface area contributed by atoms with E-state index < -0.39 is 0 Å². The summed E-state index contributed by atoms with van der Waals surface area (Å²) in [7, 11) is 0. The molecule has 0 radical (unpaired) electrons. The second-order valence-corrected chi connectivity index (χ2v) is 6.97.